The summed E-state index contributed by atoms with van der Waals surface area (Å²) in [6, 6.07) is 4.01. The third kappa shape index (κ3) is 3.14. The van der Waals surface area contributed by atoms with E-state index in [1.807, 2.05) is 6.07 Å². The van der Waals surface area contributed by atoms with E-state index in [1.54, 1.807) is 6.20 Å². The summed E-state index contributed by atoms with van der Waals surface area (Å²) in [6.07, 6.45) is 9.22. The quantitative estimate of drug-likeness (QED) is 0.738. The zero-order valence-corrected chi connectivity index (χ0v) is 12.4. The highest BCUT2D eigenvalue weighted by molar-refractivity contribution is 5.70. The average molecular weight is 259 g/mol. The van der Waals surface area contributed by atoms with Crippen molar-refractivity contribution in [2.24, 2.45) is 0 Å². The highest BCUT2D eigenvalue weighted by atomic mass is 15.0. The number of hydrogen-bond donors (Lipinski definition) is 1. The normalized spacial score (nSPS) is 14.7. The molecule has 19 heavy (non-hydrogen) atoms. The molecular weight excluding hydrogens is 234 g/mol. The fraction of sp³-hybridized carbons (Fsp3) is 0.625. The Kier molecular flexibility index (Phi) is 4.56. The smallest absolute Gasteiger partial charge is 0.177 e. The van der Waals surface area contributed by atoms with Crippen molar-refractivity contribution < 1.29 is 0 Å². The van der Waals surface area contributed by atoms with Crippen LogP contribution in [0.25, 0.3) is 11.2 Å². The number of aromatic amines is 1. The van der Waals surface area contributed by atoms with Gasteiger partial charge in [0.15, 0.2) is 5.65 Å². The third-order valence-electron chi connectivity index (χ3n) is 3.96. The van der Waals surface area contributed by atoms with Gasteiger partial charge in [-0.2, -0.15) is 0 Å². The molecule has 0 aliphatic rings. The number of imidazole rings is 1. The lowest BCUT2D eigenvalue weighted by molar-refractivity contribution is 0.362. The molecule has 1 atom stereocenters. The Morgan fingerprint density at radius 2 is 2.00 bits per heavy atom. The molecule has 0 aromatic carbocycles. The van der Waals surface area contributed by atoms with Crippen LogP contribution >= 0.6 is 0 Å². The highest BCUT2D eigenvalue weighted by Crippen LogP contribution is 2.33. The Bertz CT molecular complexity index is 484. The first-order valence-electron chi connectivity index (χ1n) is 7.51. The number of aromatic nitrogens is 3. The molecule has 0 saturated carbocycles. The van der Waals surface area contributed by atoms with E-state index in [2.05, 4.69) is 36.8 Å². The van der Waals surface area contributed by atoms with Gasteiger partial charge in [0.25, 0.3) is 0 Å². The van der Waals surface area contributed by atoms with Gasteiger partial charge in [0.05, 0.1) is 5.52 Å². The molecule has 104 valence electrons. The first kappa shape index (κ1) is 14.0. The van der Waals surface area contributed by atoms with E-state index in [0.29, 0.717) is 0 Å². The van der Waals surface area contributed by atoms with E-state index >= 15 is 0 Å². The third-order valence-corrected chi connectivity index (χ3v) is 3.96. The van der Waals surface area contributed by atoms with Gasteiger partial charge < -0.3 is 4.98 Å². The molecule has 0 fully saturated rings. The van der Waals surface area contributed by atoms with Crippen LogP contribution in [-0.2, 0) is 5.41 Å². The summed E-state index contributed by atoms with van der Waals surface area (Å²) in [5, 5.41) is 0. The number of pyridine rings is 1. The summed E-state index contributed by atoms with van der Waals surface area (Å²) in [5.41, 5.74) is 2.05. The minimum absolute atomic E-state index is 0.157. The van der Waals surface area contributed by atoms with Crippen LogP contribution in [0.4, 0.5) is 0 Å². The Hall–Kier alpha value is -1.38. The minimum Gasteiger partial charge on any atom is -0.340 e. The largest absolute Gasteiger partial charge is 0.340 e. The number of hydrogen-bond acceptors (Lipinski definition) is 2. The second-order valence-electron chi connectivity index (χ2n) is 5.73. The molecule has 0 saturated heterocycles. The lowest BCUT2D eigenvalue weighted by Gasteiger charge is -2.27. The summed E-state index contributed by atoms with van der Waals surface area (Å²) >= 11 is 0. The average Bonchev–Trinajstić information content (AvgIpc) is 2.84. The zero-order valence-electron chi connectivity index (χ0n) is 12.4. The number of unbranched alkanes of at least 4 members (excludes halogenated alkanes) is 2. The van der Waals surface area contributed by atoms with E-state index in [-0.39, 0.29) is 5.41 Å². The molecule has 2 rings (SSSR count). The van der Waals surface area contributed by atoms with Gasteiger partial charge in [0.1, 0.15) is 5.82 Å². The predicted octanol–water partition coefficient (Wildman–Crippen LogP) is 4.60. The number of rotatable bonds is 7. The Balaban J connectivity index is 2.26. The van der Waals surface area contributed by atoms with Gasteiger partial charge >= 0.3 is 0 Å². The van der Waals surface area contributed by atoms with Crippen molar-refractivity contribution in [2.75, 3.05) is 0 Å². The molecule has 0 bridgehead atoms. The summed E-state index contributed by atoms with van der Waals surface area (Å²) in [6.45, 7) is 6.84. The lowest BCUT2D eigenvalue weighted by atomic mass is 9.80. The SMILES string of the molecule is CCCCCC(C)(CCC)c1nc2ncccc2[nH]1. The number of H-pyrrole nitrogens is 1. The Morgan fingerprint density at radius 3 is 2.68 bits per heavy atom. The van der Waals surface area contributed by atoms with Gasteiger partial charge in [-0.25, -0.2) is 9.97 Å². The first-order valence-corrected chi connectivity index (χ1v) is 7.51. The maximum Gasteiger partial charge on any atom is 0.177 e. The number of nitrogens with one attached hydrogen (secondary N) is 1. The summed E-state index contributed by atoms with van der Waals surface area (Å²) in [7, 11) is 0. The van der Waals surface area contributed by atoms with Crippen LogP contribution < -0.4 is 0 Å². The maximum atomic E-state index is 4.72. The van der Waals surface area contributed by atoms with Crippen molar-refractivity contribution in [3.63, 3.8) is 0 Å². The van der Waals surface area contributed by atoms with Crippen molar-refractivity contribution in [2.45, 2.75) is 64.7 Å². The standard InChI is InChI=1S/C16H25N3/c1-4-6-7-11-16(3,10-5-2)15-18-13-9-8-12-17-14(13)19-15/h8-9,12H,4-7,10-11H2,1-3H3,(H,17,18,19). The molecule has 1 unspecified atom stereocenters. The molecule has 2 heterocycles. The molecule has 0 aliphatic carbocycles. The van der Waals surface area contributed by atoms with Crippen LogP contribution in [-0.4, -0.2) is 15.0 Å². The van der Waals surface area contributed by atoms with Gasteiger partial charge in [-0.3, -0.25) is 0 Å². The first-order chi connectivity index (χ1) is 9.19. The van der Waals surface area contributed by atoms with Gasteiger partial charge in [0.2, 0.25) is 0 Å². The fourth-order valence-electron chi connectivity index (χ4n) is 2.81. The number of nitrogens with zero attached hydrogens (tertiary/aromatic N) is 2. The summed E-state index contributed by atoms with van der Waals surface area (Å²) in [4.78, 5) is 12.5. The van der Waals surface area contributed by atoms with E-state index in [0.717, 1.165) is 17.0 Å². The predicted molar refractivity (Wildman–Crippen MR) is 80.3 cm³/mol. The molecule has 0 amide bonds. The molecular formula is C16H25N3. The minimum atomic E-state index is 0.157. The highest BCUT2D eigenvalue weighted by Gasteiger charge is 2.28. The van der Waals surface area contributed by atoms with Crippen LogP contribution in [0, 0.1) is 0 Å². The van der Waals surface area contributed by atoms with E-state index < -0.39 is 0 Å². The summed E-state index contributed by atoms with van der Waals surface area (Å²) in [5.74, 6) is 1.11. The van der Waals surface area contributed by atoms with E-state index in [4.69, 9.17) is 4.98 Å². The number of fused-ring (bicyclic) bond motifs is 1. The topological polar surface area (TPSA) is 41.6 Å². The van der Waals surface area contributed by atoms with Crippen LogP contribution in [0.1, 0.15) is 65.1 Å². The Labute approximate surface area is 115 Å². The molecule has 0 radical (unpaired) electrons. The lowest BCUT2D eigenvalue weighted by Crippen LogP contribution is -2.23. The van der Waals surface area contributed by atoms with Crippen molar-refractivity contribution in [1.29, 1.82) is 0 Å². The second kappa shape index (κ2) is 6.18. The molecule has 3 nitrogen and oxygen atoms in total. The van der Waals surface area contributed by atoms with Crippen molar-refractivity contribution in [3.8, 4) is 0 Å². The molecule has 1 N–H and O–H groups in total. The van der Waals surface area contributed by atoms with Gasteiger partial charge in [-0.15, -0.1) is 0 Å². The fourth-order valence-corrected chi connectivity index (χ4v) is 2.81. The van der Waals surface area contributed by atoms with Gasteiger partial charge in [-0.05, 0) is 25.0 Å². The second-order valence-corrected chi connectivity index (χ2v) is 5.73. The maximum absolute atomic E-state index is 4.72. The molecule has 0 spiro atoms. The van der Waals surface area contributed by atoms with Crippen LogP contribution in [0.5, 0.6) is 0 Å². The Morgan fingerprint density at radius 1 is 1.16 bits per heavy atom. The van der Waals surface area contributed by atoms with Crippen molar-refractivity contribution in [1.82, 2.24) is 15.0 Å². The van der Waals surface area contributed by atoms with E-state index in [9.17, 15) is 0 Å². The monoisotopic (exact) mass is 259 g/mol. The molecule has 2 aromatic rings. The van der Waals surface area contributed by atoms with Crippen LogP contribution in [0.15, 0.2) is 18.3 Å². The van der Waals surface area contributed by atoms with Crippen molar-refractivity contribution in [3.05, 3.63) is 24.2 Å². The van der Waals surface area contributed by atoms with Crippen LogP contribution in [0.3, 0.4) is 0 Å². The van der Waals surface area contributed by atoms with Crippen LogP contribution in [0.2, 0.25) is 0 Å². The van der Waals surface area contributed by atoms with E-state index in [1.165, 1.54) is 38.5 Å². The summed E-state index contributed by atoms with van der Waals surface area (Å²) < 4.78 is 0. The van der Waals surface area contributed by atoms with Gasteiger partial charge in [0, 0.05) is 11.6 Å². The molecule has 0 aliphatic heterocycles. The van der Waals surface area contributed by atoms with Crippen molar-refractivity contribution >= 4 is 11.2 Å². The molecule has 3 heteroatoms. The zero-order chi connectivity index (χ0) is 13.7. The van der Waals surface area contributed by atoms with Gasteiger partial charge in [-0.1, -0.05) is 46.5 Å². The molecule has 2 aromatic heterocycles.